The van der Waals surface area contributed by atoms with Crippen LogP contribution in [0.5, 0.6) is 0 Å². The molecule has 2 aromatic heterocycles. The number of ether oxygens (including phenoxy) is 1. The summed E-state index contributed by atoms with van der Waals surface area (Å²) in [5, 5.41) is 29.8. The van der Waals surface area contributed by atoms with Crippen molar-refractivity contribution < 1.29 is 25.5 Å². The van der Waals surface area contributed by atoms with Crippen LogP contribution >= 0.6 is 11.8 Å². The predicted molar refractivity (Wildman–Crippen MR) is 85.9 cm³/mol. The molecule has 1 fully saturated rings. The Hall–Kier alpha value is -1.50. The molecule has 6 N–H and O–H groups in total. The van der Waals surface area contributed by atoms with Crippen LogP contribution in [-0.2, 0) is 4.74 Å². The Morgan fingerprint density at radius 3 is 2.62 bits per heavy atom. The van der Waals surface area contributed by atoms with Crippen molar-refractivity contribution in [2.24, 2.45) is 0 Å². The number of imidazole rings is 1. The average molecular weight is 360 g/mol. The molecule has 1 aliphatic heterocycles. The minimum atomic E-state index is -1.26. The number of aliphatic hydroxyl groups is 3. The highest BCUT2D eigenvalue weighted by Crippen LogP contribution is 2.32. The van der Waals surface area contributed by atoms with Gasteiger partial charge in [0.2, 0.25) is 0 Å². The number of aromatic nitrogens is 4. The van der Waals surface area contributed by atoms with Gasteiger partial charge < -0.3 is 25.5 Å². The molecular formula is C13H20N4O6S. The number of nitrogens with one attached hydrogen (secondary N) is 1. The maximum Gasteiger partial charge on any atom is 0.279 e. The second-order valence-corrected chi connectivity index (χ2v) is 6.49. The van der Waals surface area contributed by atoms with Gasteiger partial charge in [0.05, 0.1) is 6.61 Å². The molecule has 4 atom stereocenters. The van der Waals surface area contributed by atoms with Crippen LogP contribution in [0.4, 0.5) is 0 Å². The SMILES string of the molecule is CCSc1nc2c(nc(C)n2[C@@H]2O[C@H](CO)[C@@H](O)[C@H]2O)c(=O)[nH]1.O. The molecule has 0 bridgehead atoms. The summed E-state index contributed by atoms with van der Waals surface area (Å²) in [4.78, 5) is 23.3. The van der Waals surface area contributed by atoms with Crippen molar-refractivity contribution >= 4 is 22.9 Å². The lowest BCUT2D eigenvalue weighted by Crippen LogP contribution is -2.33. The lowest BCUT2D eigenvalue weighted by molar-refractivity contribution is -0.0519. The molecule has 0 aromatic carbocycles. The van der Waals surface area contributed by atoms with E-state index in [0.717, 1.165) is 5.75 Å². The third kappa shape index (κ3) is 2.94. The number of hydrogen-bond acceptors (Lipinski definition) is 8. The van der Waals surface area contributed by atoms with Crippen LogP contribution in [0.1, 0.15) is 19.0 Å². The van der Waals surface area contributed by atoms with Gasteiger partial charge in [-0.3, -0.25) is 14.3 Å². The fourth-order valence-electron chi connectivity index (χ4n) is 2.68. The van der Waals surface area contributed by atoms with Gasteiger partial charge in [0.15, 0.2) is 22.5 Å². The molecule has 0 saturated carbocycles. The number of aromatic amines is 1. The number of rotatable bonds is 4. The topological polar surface area (TPSA) is 165 Å². The fourth-order valence-corrected chi connectivity index (χ4v) is 3.26. The Morgan fingerprint density at radius 1 is 1.33 bits per heavy atom. The molecule has 0 spiro atoms. The van der Waals surface area contributed by atoms with Gasteiger partial charge in [-0.15, -0.1) is 0 Å². The highest BCUT2D eigenvalue weighted by molar-refractivity contribution is 7.99. The Labute approximate surface area is 140 Å². The summed E-state index contributed by atoms with van der Waals surface area (Å²) in [6.45, 7) is 3.16. The molecule has 1 aliphatic rings. The lowest BCUT2D eigenvalue weighted by Gasteiger charge is -2.18. The quantitative estimate of drug-likeness (QED) is 0.371. The van der Waals surface area contributed by atoms with Crippen LogP contribution < -0.4 is 5.56 Å². The summed E-state index contributed by atoms with van der Waals surface area (Å²) < 4.78 is 7.00. The largest absolute Gasteiger partial charge is 0.412 e. The van der Waals surface area contributed by atoms with Crippen molar-refractivity contribution in [3.63, 3.8) is 0 Å². The molecule has 0 amide bonds. The normalized spacial score (nSPS) is 26.7. The van der Waals surface area contributed by atoms with E-state index < -0.39 is 31.1 Å². The number of aryl methyl sites for hydroxylation is 1. The molecule has 3 heterocycles. The van der Waals surface area contributed by atoms with E-state index in [1.54, 1.807) is 6.92 Å². The number of nitrogens with zero attached hydrogens (tertiary/aromatic N) is 3. The first-order chi connectivity index (χ1) is 11.0. The second kappa shape index (κ2) is 7.17. The molecule has 0 aliphatic carbocycles. The van der Waals surface area contributed by atoms with E-state index in [2.05, 4.69) is 15.0 Å². The first-order valence-electron chi connectivity index (χ1n) is 7.22. The first kappa shape index (κ1) is 18.8. The molecule has 24 heavy (non-hydrogen) atoms. The van der Waals surface area contributed by atoms with Crippen molar-refractivity contribution in [1.82, 2.24) is 19.5 Å². The van der Waals surface area contributed by atoms with Gasteiger partial charge in [-0.05, 0) is 12.7 Å². The van der Waals surface area contributed by atoms with E-state index in [4.69, 9.17) is 4.74 Å². The van der Waals surface area contributed by atoms with Crippen molar-refractivity contribution in [2.45, 2.75) is 43.5 Å². The lowest BCUT2D eigenvalue weighted by atomic mass is 10.1. The molecule has 10 nitrogen and oxygen atoms in total. The van der Waals surface area contributed by atoms with Crippen LogP contribution in [0, 0.1) is 6.92 Å². The van der Waals surface area contributed by atoms with Crippen molar-refractivity contribution in [3.8, 4) is 0 Å². The highest BCUT2D eigenvalue weighted by atomic mass is 32.2. The second-order valence-electron chi connectivity index (χ2n) is 5.23. The summed E-state index contributed by atoms with van der Waals surface area (Å²) in [6.07, 6.45) is -4.36. The van der Waals surface area contributed by atoms with Crippen molar-refractivity contribution in [3.05, 3.63) is 16.2 Å². The van der Waals surface area contributed by atoms with E-state index in [0.29, 0.717) is 11.0 Å². The van der Waals surface area contributed by atoms with Gasteiger partial charge in [0.25, 0.3) is 5.56 Å². The summed E-state index contributed by atoms with van der Waals surface area (Å²) in [5.41, 5.74) is 0.0391. The van der Waals surface area contributed by atoms with Gasteiger partial charge >= 0.3 is 0 Å². The molecule has 2 aromatic rings. The van der Waals surface area contributed by atoms with E-state index in [-0.39, 0.29) is 22.2 Å². The number of aliphatic hydroxyl groups excluding tert-OH is 3. The molecular weight excluding hydrogens is 340 g/mol. The Balaban J connectivity index is 0.00000208. The van der Waals surface area contributed by atoms with Crippen molar-refractivity contribution in [1.29, 1.82) is 0 Å². The third-order valence-corrected chi connectivity index (χ3v) is 4.51. The first-order valence-corrected chi connectivity index (χ1v) is 8.20. The Bertz CT molecular complexity index is 778. The summed E-state index contributed by atoms with van der Waals surface area (Å²) in [5.74, 6) is 1.15. The standard InChI is InChI=1S/C13H18N4O5S.H2O/c1-3-23-13-15-10-7(11(21)16-13)14-5(2)17(10)12-9(20)8(19)6(4-18)22-12;/h6,8-9,12,18-20H,3-4H2,1-2H3,(H,15,16,21);1H2/t6-,8-,9-,12-;/m1./s1. The predicted octanol–water partition coefficient (Wildman–Crippen LogP) is -1.67. The molecule has 0 radical (unpaired) electrons. The molecule has 3 rings (SSSR count). The van der Waals surface area contributed by atoms with Gasteiger partial charge in [0.1, 0.15) is 24.1 Å². The van der Waals surface area contributed by atoms with Crippen molar-refractivity contribution in [2.75, 3.05) is 12.4 Å². The molecule has 11 heteroatoms. The Kier molecular flexibility index (Phi) is 5.63. The van der Waals surface area contributed by atoms with Gasteiger partial charge in [-0.1, -0.05) is 18.7 Å². The minimum absolute atomic E-state index is 0. The number of thioether (sulfide) groups is 1. The number of H-pyrrole nitrogens is 1. The molecule has 134 valence electrons. The molecule has 0 unspecified atom stereocenters. The van der Waals surface area contributed by atoms with E-state index >= 15 is 0 Å². The summed E-state index contributed by atoms with van der Waals surface area (Å²) in [6, 6.07) is 0. The monoisotopic (exact) mass is 360 g/mol. The Morgan fingerprint density at radius 2 is 2.04 bits per heavy atom. The number of fused-ring (bicyclic) bond motifs is 1. The number of hydrogen-bond donors (Lipinski definition) is 4. The van der Waals surface area contributed by atoms with Crippen LogP contribution in [0.25, 0.3) is 11.2 Å². The van der Waals surface area contributed by atoms with Crippen LogP contribution in [0.15, 0.2) is 9.95 Å². The minimum Gasteiger partial charge on any atom is -0.412 e. The zero-order valence-corrected chi connectivity index (χ0v) is 13.9. The van der Waals surface area contributed by atoms with Gasteiger partial charge in [-0.25, -0.2) is 9.97 Å². The van der Waals surface area contributed by atoms with Crippen LogP contribution in [0.2, 0.25) is 0 Å². The van der Waals surface area contributed by atoms with Crippen LogP contribution in [0.3, 0.4) is 0 Å². The van der Waals surface area contributed by atoms with E-state index in [1.165, 1.54) is 16.3 Å². The summed E-state index contributed by atoms with van der Waals surface area (Å²) >= 11 is 1.37. The molecule has 1 saturated heterocycles. The van der Waals surface area contributed by atoms with E-state index in [1.807, 2.05) is 6.92 Å². The average Bonchev–Trinajstić information content (AvgIpc) is 2.98. The fraction of sp³-hybridized carbons (Fsp3) is 0.615. The van der Waals surface area contributed by atoms with Gasteiger partial charge in [0, 0.05) is 0 Å². The maximum absolute atomic E-state index is 12.1. The van der Waals surface area contributed by atoms with Gasteiger partial charge in [-0.2, -0.15) is 0 Å². The smallest absolute Gasteiger partial charge is 0.279 e. The zero-order valence-electron chi connectivity index (χ0n) is 13.1. The zero-order chi connectivity index (χ0) is 16.7. The summed E-state index contributed by atoms with van der Waals surface area (Å²) in [7, 11) is 0. The van der Waals surface area contributed by atoms with E-state index in [9.17, 15) is 20.1 Å². The third-order valence-electron chi connectivity index (χ3n) is 3.76. The van der Waals surface area contributed by atoms with Crippen LogP contribution in [-0.4, -0.2) is 71.0 Å². The highest BCUT2D eigenvalue weighted by Gasteiger charge is 2.44. The maximum atomic E-state index is 12.1.